The van der Waals surface area contributed by atoms with Gasteiger partial charge >= 0.3 is 5.97 Å². The third-order valence-electron chi connectivity index (χ3n) is 4.65. The molecule has 5 heteroatoms. The van der Waals surface area contributed by atoms with Gasteiger partial charge in [0.1, 0.15) is 0 Å². The fourth-order valence-corrected chi connectivity index (χ4v) is 5.33. The van der Waals surface area contributed by atoms with E-state index in [0.29, 0.717) is 11.5 Å². The fraction of sp³-hybridized carbons (Fsp3) is 0.562. The average molecular weight is 310 g/mol. The third kappa shape index (κ3) is 2.37. The molecule has 1 aromatic rings. The Morgan fingerprint density at radius 1 is 1.29 bits per heavy atom. The summed E-state index contributed by atoms with van der Waals surface area (Å²) in [5, 5.41) is 9.55. The molecule has 1 fully saturated rings. The van der Waals surface area contributed by atoms with Gasteiger partial charge in [0.05, 0.1) is 4.90 Å². The summed E-state index contributed by atoms with van der Waals surface area (Å²) < 4.78 is 24.1. The van der Waals surface area contributed by atoms with Crippen molar-refractivity contribution in [2.24, 2.45) is 11.8 Å². The first-order chi connectivity index (χ1) is 9.61. The standard InChI is InChI=1S/C16H22O4S/c1-10(2)13-8-16(9-13,15(17)18)21(19,20)14-6-5-11(3)7-12(14)4/h5-7,10,13H,8-9H2,1-4H3,(H,17,18). The Morgan fingerprint density at radius 2 is 1.86 bits per heavy atom. The highest BCUT2D eigenvalue weighted by atomic mass is 32.2. The highest BCUT2D eigenvalue weighted by Gasteiger charge is 2.61. The van der Waals surface area contributed by atoms with Crippen molar-refractivity contribution < 1.29 is 18.3 Å². The quantitative estimate of drug-likeness (QED) is 0.928. The second kappa shape index (κ2) is 5.13. The number of aliphatic carboxylic acids is 1. The van der Waals surface area contributed by atoms with Crippen LogP contribution in [0.15, 0.2) is 23.1 Å². The number of rotatable bonds is 4. The monoisotopic (exact) mass is 310 g/mol. The molecule has 0 radical (unpaired) electrons. The van der Waals surface area contributed by atoms with Gasteiger partial charge in [0.2, 0.25) is 0 Å². The highest BCUT2D eigenvalue weighted by Crippen LogP contribution is 2.50. The number of carbonyl (C=O) groups is 1. The zero-order valence-electron chi connectivity index (χ0n) is 12.9. The summed E-state index contributed by atoms with van der Waals surface area (Å²) in [6.45, 7) is 7.60. The van der Waals surface area contributed by atoms with Crippen LogP contribution >= 0.6 is 0 Å². The Balaban J connectivity index is 2.48. The first-order valence-corrected chi connectivity index (χ1v) is 8.65. The average Bonchev–Trinajstić information content (AvgIpc) is 2.24. The van der Waals surface area contributed by atoms with Crippen LogP contribution in [0.4, 0.5) is 0 Å². The van der Waals surface area contributed by atoms with Crippen molar-refractivity contribution in [2.75, 3.05) is 0 Å². The molecule has 1 saturated carbocycles. The lowest BCUT2D eigenvalue weighted by Crippen LogP contribution is -2.57. The van der Waals surface area contributed by atoms with Crippen molar-refractivity contribution in [3.8, 4) is 0 Å². The summed E-state index contributed by atoms with van der Waals surface area (Å²) in [6, 6.07) is 5.03. The minimum Gasteiger partial charge on any atom is -0.480 e. The molecule has 0 aromatic heterocycles. The number of hydrogen-bond donors (Lipinski definition) is 1. The molecule has 0 heterocycles. The van der Waals surface area contributed by atoms with Gasteiger partial charge in [-0.15, -0.1) is 0 Å². The number of aryl methyl sites for hydroxylation is 2. The first-order valence-electron chi connectivity index (χ1n) is 7.17. The lowest BCUT2D eigenvalue weighted by Gasteiger charge is -2.45. The van der Waals surface area contributed by atoms with E-state index in [1.165, 1.54) is 6.07 Å². The summed E-state index contributed by atoms with van der Waals surface area (Å²) >= 11 is 0. The van der Waals surface area contributed by atoms with Crippen LogP contribution in [-0.4, -0.2) is 24.2 Å². The normalized spacial score (nSPS) is 25.7. The molecular weight excluding hydrogens is 288 g/mol. The molecule has 0 aliphatic heterocycles. The van der Waals surface area contributed by atoms with E-state index in [4.69, 9.17) is 0 Å². The van der Waals surface area contributed by atoms with Crippen LogP contribution in [0.1, 0.15) is 37.8 Å². The van der Waals surface area contributed by atoms with E-state index in [2.05, 4.69) is 0 Å². The molecule has 1 aromatic carbocycles. The van der Waals surface area contributed by atoms with Crippen LogP contribution in [0.25, 0.3) is 0 Å². The van der Waals surface area contributed by atoms with Crippen molar-refractivity contribution in [3.05, 3.63) is 29.3 Å². The van der Waals surface area contributed by atoms with E-state index in [9.17, 15) is 18.3 Å². The van der Waals surface area contributed by atoms with Crippen molar-refractivity contribution in [1.29, 1.82) is 0 Å². The van der Waals surface area contributed by atoms with E-state index in [1.807, 2.05) is 20.8 Å². The first kappa shape index (κ1) is 16.0. The summed E-state index contributed by atoms with van der Waals surface area (Å²) in [4.78, 5) is 11.8. The molecule has 116 valence electrons. The van der Waals surface area contributed by atoms with Crippen LogP contribution < -0.4 is 0 Å². The zero-order valence-corrected chi connectivity index (χ0v) is 13.7. The van der Waals surface area contributed by atoms with Crippen LogP contribution in [0.2, 0.25) is 0 Å². The summed E-state index contributed by atoms with van der Waals surface area (Å²) in [5.41, 5.74) is 1.58. The SMILES string of the molecule is Cc1ccc(S(=O)(=O)C2(C(=O)O)CC(C(C)C)C2)c(C)c1. The molecule has 0 atom stereocenters. The summed E-state index contributed by atoms with van der Waals surface area (Å²) in [5.74, 6) is -0.771. The summed E-state index contributed by atoms with van der Waals surface area (Å²) in [7, 11) is -3.88. The number of hydrogen-bond acceptors (Lipinski definition) is 3. The third-order valence-corrected chi connectivity index (χ3v) is 7.22. The molecule has 0 spiro atoms. The smallest absolute Gasteiger partial charge is 0.325 e. The Kier molecular flexibility index (Phi) is 3.91. The molecule has 21 heavy (non-hydrogen) atoms. The molecule has 0 amide bonds. The number of benzene rings is 1. The van der Waals surface area contributed by atoms with Gasteiger partial charge in [0.15, 0.2) is 14.6 Å². The minimum atomic E-state index is -3.88. The summed E-state index contributed by atoms with van der Waals surface area (Å²) in [6.07, 6.45) is 0.408. The van der Waals surface area contributed by atoms with Gasteiger partial charge in [0.25, 0.3) is 0 Å². The molecular formula is C16H22O4S. The molecule has 1 aliphatic carbocycles. The Labute approximate surface area is 126 Å². The molecule has 0 saturated heterocycles. The van der Waals surface area contributed by atoms with Gasteiger partial charge in [-0.3, -0.25) is 4.79 Å². The van der Waals surface area contributed by atoms with E-state index in [0.717, 1.165) is 5.56 Å². The van der Waals surface area contributed by atoms with E-state index < -0.39 is 20.6 Å². The molecule has 0 unspecified atom stereocenters. The van der Waals surface area contributed by atoms with Crippen molar-refractivity contribution in [2.45, 2.75) is 50.2 Å². The maximum atomic E-state index is 12.9. The van der Waals surface area contributed by atoms with Crippen LogP contribution in [0.5, 0.6) is 0 Å². The highest BCUT2D eigenvalue weighted by molar-refractivity contribution is 7.93. The zero-order chi connectivity index (χ0) is 16.0. The molecule has 1 N–H and O–H groups in total. The number of carboxylic acids is 1. The van der Waals surface area contributed by atoms with Crippen molar-refractivity contribution >= 4 is 15.8 Å². The molecule has 1 aliphatic rings. The topological polar surface area (TPSA) is 71.4 Å². The Morgan fingerprint density at radius 3 is 2.29 bits per heavy atom. The van der Waals surface area contributed by atoms with Crippen LogP contribution in [0, 0.1) is 25.7 Å². The second-order valence-electron chi connectivity index (χ2n) is 6.48. The lowest BCUT2D eigenvalue weighted by atomic mass is 9.69. The lowest BCUT2D eigenvalue weighted by molar-refractivity contribution is -0.144. The predicted octanol–water partition coefficient (Wildman–Crippen LogP) is 2.97. The van der Waals surface area contributed by atoms with Crippen molar-refractivity contribution in [3.63, 3.8) is 0 Å². The van der Waals surface area contributed by atoms with Gasteiger partial charge in [-0.2, -0.15) is 0 Å². The molecule has 0 bridgehead atoms. The van der Waals surface area contributed by atoms with Gasteiger partial charge in [-0.05, 0) is 50.2 Å². The van der Waals surface area contributed by atoms with E-state index >= 15 is 0 Å². The van der Waals surface area contributed by atoms with Gasteiger partial charge in [0, 0.05) is 0 Å². The maximum absolute atomic E-state index is 12.9. The molecule has 2 rings (SSSR count). The Bertz CT molecular complexity index is 668. The largest absolute Gasteiger partial charge is 0.480 e. The Hall–Kier alpha value is -1.36. The van der Waals surface area contributed by atoms with Gasteiger partial charge < -0.3 is 5.11 Å². The number of sulfone groups is 1. The van der Waals surface area contributed by atoms with Crippen LogP contribution in [-0.2, 0) is 14.6 Å². The maximum Gasteiger partial charge on any atom is 0.325 e. The van der Waals surface area contributed by atoms with Gasteiger partial charge in [-0.25, -0.2) is 8.42 Å². The fourth-order valence-electron chi connectivity index (χ4n) is 3.08. The number of carboxylic acid groups (broad SMARTS) is 1. The van der Waals surface area contributed by atoms with Gasteiger partial charge in [-0.1, -0.05) is 31.5 Å². The minimum absolute atomic E-state index is 0.151. The second-order valence-corrected chi connectivity index (χ2v) is 8.71. The molecule has 4 nitrogen and oxygen atoms in total. The van der Waals surface area contributed by atoms with Crippen molar-refractivity contribution in [1.82, 2.24) is 0 Å². The van der Waals surface area contributed by atoms with E-state index in [1.54, 1.807) is 19.1 Å². The van der Waals surface area contributed by atoms with Crippen LogP contribution in [0.3, 0.4) is 0 Å². The predicted molar refractivity (Wildman–Crippen MR) is 81.0 cm³/mol. The van der Waals surface area contributed by atoms with E-state index in [-0.39, 0.29) is 23.7 Å².